The average molecular weight is 359 g/mol. The Kier molecular flexibility index (Phi) is 7.18. The number of guanidine groups is 1. The minimum Gasteiger partial charge on any atom is -0.370 e. The van der Waals surface area contributed by atoms with Crippen molar-refractivity contribution in [3.8, 4) is 0 Å². The Balaban J connectivity index is 0.00000196. The standard InChI is InChI=1S/C7H13N5S2.HI/c1-12(2)6(8)9-4-5-10-11-7(13-3)14-5;/h4H2,1-3H3,(H2,8,9);1H. The molecule has 0 aromatic carbocycles. The number of rotatable bonds is 3. The predicted octanol–water partition coefficient (Wildman–Crippen LogP) is 1.25. The van der Waals surface area contributed by atoms with Crippen LogP contribution < -0.4 is 5.73 Å². The Bertz CT molecular complexity index is 325. The topological polar surface area (TPSA) is 67.4 Å². The molecule has 0 aliphatic rings. The fraction of sp³-hybridized carbons (Fsp3) is 0.571. The normalized spacial score (nSPS) is 11.0. The second kappa shape index (κ2) is 7.23. The smallest absolute Gasteiger partial charge is 0.191 e. The fourth-order valence-corrected chi connectivity index (χ4v) is 1.91. The summed E-state index contributed by atoms with van der Waals surface area (Å²) >= 11 is 3.13. The molecule has 1 heterocycles. The van der Waals surface area contributed by atoms with Crippen LogP contribution in [-0.2, 0) is 6.54 Å². The lowest BCUT2D eigenvalue weighted by atomic mass is 10.7. The Labute approximate surface area is 115 Å². The maximum atomic E-state index is 5.63. The summed E-state index contributed by atoms with van der Waals surface area (Å²) in [6.07, 6.45) is 1.97. The summed E-state index contributed by atoms with van der Waals surface area (Å²) in [6.45, 7) is 0.502. The molecule has 0 aliphatic heterocycles. The number of hydrogen-bond acceptors (Lipinski definition) is 5. The molecule has 86 valence electrons. The van der Waals surface area contributed by atoms with Gasteiger partial charge in [0.1, 0.15) is 5.01 Å². The van der Waals surface area contributed by atoms with Crippen molar-refractivity contribution in [2.24, 2.45) is 10.7 Å². The van der Waals surface area contributed by atoms with E-state index in [1.165, 1.54) is 0 Å². The van der Waals surface area contributed by atoms with E-state index in [9.17, 15) is 0 Å². The molecular formula is C7H14IN5S2. The van der Waals surface area contributed by atoms with Gasteiger partial charge < -0.3 is 10.6 Å². The third kappa shape index (κ3) is 4.98. The van der Waals surface area contributed by atoms with Crippen LogP contribution in [0, 0.1) is 0 Å². The summed E-state index contributed by atoms with van der Waals surface area (Å²) in [7, 11) is 3.71. The zero-order valence-corrected chi connectivity index (χ0v) is 12.8. The molecule has 0 bridgehead atoms. The van der Waals surface area contributed by atoms with Crippen molar-refractivity contribution in [1.29, 1.82) is 0 Å². The van der Waals surface area contributed by atoms with E-state index in [1.54, 1.807) is 28.0 Å². The first-order valence-electron chi connectivity index (χ1n) is 3.97. The molecule has 0 fully saturated rings. The SMILES string of the molecule is CSc1nnc(CN=C(N)N(C)C)s1.I. The Morgan fingerprint density at radius 3 is 2.67 bits per heavy atom. The van der Waals surface area contributed by atoms with E-state index in [0.29, 0.717) is 12.5 Å². The van der Waals surface area contributed by atoms with Crippen molar-refractivity contribution < 1.29 is 0 Å². The number of nitrogens with two attached hydrogens (primary N) is 1. The molecule has 0 atom stereocenters. The monoisotopic (exact) mass is 359 g/mol. The molecule has 1 aromatic rings. The van der Waals surface area contributed by atoms with E-state index in [-0.39, 0.29) is 24.0 Å². The largest absolute Gasteiger partial charge is 0.370 e. The van der Waals surface area contributed by atoms with E-state index in [0.717, 1.165) is 9.35 Å². The lowest BCUT2D eigenvalue weighted by molar-refractivity contribution is 0.609. The Morgan fingerprint density at radius 1 is 1.53 bits per heavy atom. The molecule has 0 saturated carbocycles. The number of hydrogen-bond donors (Lipinski definition) is 1. The molecule has 0 amide bonds. The van der Waals surface area contributed by atoms with E-state index < -0.39 is 0 Å². The number of thioether (sulfide) groups is 1. The first kappa shape index (κ1) is 14.9. The summed E-state index contributed by atoms with van der Waals surface area (Å²) in [6, 6.07) is 0. The highest BCUT2D eigenvalue weighted by Crippen LogP contribution is 2.19. The van der Waals surface area contributed by atoms with Gasteiger partial charge in [-0.05, 0) is 6.26 Å². The lowest BCUT2D eigenvalue weighted by Gasteiger charge is -2.09. The second-order valence-electron chi connectivity index (χ2n) is 2.73. The zero-order chi connectivity index (χ0) is 10.6. The predicted molar refractivity (Wildman–Crippen MR) is 76.1 cm³/mol. The van der Waals surface area contributed by atoms with Gasteiger partial charge in [0.15, 0.2) is 10.3 Å². The van der Waals surface area contributed by atoms with Gasteiger partial charge >= 0.3 is 0 Å². The summed E-state index contributed by atoms with van der Waals surface area (Å²) in [4.78, 5) is 5.92. The summed E-state index contributed by atoms with van der Waals surface area (Å²) in [5.74, 6) is 0.505. The molecular weight excluding hydrogens is 345 g/mol. The van der Waals surface area contributed by atoms with Gasteiger partial charge in [0.2, 0.25) is 0 Å². The van der Waals surface area contributed by atoms with E-state index in [2.05, 4.69) is 15.2 Å². The maximum absolute atomic E-state index is 5.63. The minimum atomic E-state index is 0. The highest BCUT2D eigenvalue weighted by atomic mass is 127. The van der Waals surface area contributed by atoms with Crippen molar-refractivity contribution in [1.82, 2.24) is 15.1 Å². The van der Waals surface area contributed by atoms with Crippen molar-refractivity contribution in [2.45, 2.75) is 10.9 Å². The van der Waals surface area contributed by atoms with Crippen LogP contribution in [0.15, 0.2) is 9.33 Å². The van der Waals surface area contributed by atoms with Gasteiger partial charge in [-0.1, -0.05) is 23.1 Å². The highest BCUT2D eigenvalue weighted by molar-refractivity contribution is 14.0. The summed E-state index contributed by atoms with van der Waals surface area (Å²) in [5.41, 5.74) is 5.63. The van der Waals surface area contributed by atoms with Crippen LogP contribution in [-0.4, -0.2) is 41.4 Å². The second-order valence-corrected chi connectivity index (χ2v) is 4.85. The van der Waals surface area contributed by atoms with Crippen molar-refractivity contribution in [2.75, 3.05) is 20.4 Å². The quantitative estimate of drug-likeness (QED) is 0.381. The van der Waals surface area contributed by atoms with E-state index >= 15 is 0 Å². The summed E-state index contributed by atoms with van der Waals surface area (Å²) in [5, 5.41) is 8.84. The number of nitrogens with zero attached hydrogens (tertiary/aromatic N) is 4. The maximum Gasteiger partial charge on any atom is 0.191 e. The number of aliphatic imine (C=N–C) groups is 1. The lowest BCUT2D eigenvalue weighted by Crippen LogP contribution is -2.30. The van der Waals surface area contributed by atoms with Gasteiger partial charge in [0, 0.05) is 14.1 Å². The molecule has 8 heteroatoms. The van der Waals surface area contributed by atoms with E-state index in [1.807, 2.05) is 20.4 Å². The van der Waals surface area contributed by atoms with Crippen LogP contribution in [0.3, 0.4) is 0 Å². The minimum absolute atomic E-state index is 0. The van der Waals surface area contributed by atoms with Gasteiger partial charge in [-0.2, -0.15) is 0 Å². The van der Waals surface area contributed by atoms with Crippen LogP contribution in [0.5, 0.6) is 0 Å². The molecule has 0 aliphatic carbocycles. The van der Waals surface area contributed by atoms with Crippen molar-refractivity contribution in [3.63, 3.8) is 0 Å². The van der Waals surface area contributed by atoms with Crippen LogP contribution in [0.1, 0.15) is 5.01 Å². The summed E-state index contributed by atoms with van der Waals surface area (Å²) < 4.78 is 0.957. The molecule has 0 saturated heterocycles. The van der Waals surface area contributed by atoms with Crippen molar-refractivity contribution in [3.05, 3.63) is 5.01 Å². The van der Waals surface area contributed by atoms with Crippen LogP contribution in [0.25, 0.3) is 0 Å². The molecule has 1 aromatic heterocycles. The van der Waals surface area contributed by atoms with Gasteiger partial charge in [-0.15, -0.1) is 34.2 Å². The Hall–Kier alpha value is -0.0900. The van der Waals surface area contributed by atoms with Gasteiger partial charge in [-0.3, -0.25) is 0 Å². The van der Waals surface area contributed by atoms with Gasteiger partial charge in [0.25, 0.3) is 0 Å². The van der Waals surface area contributed by atoms with Crippen LogP contribution >= 0.6 is 47.1 Å². The molecule has 0 radical (unpaired) electrons. The van der Waals surface area contributed by atoms with Gasteiger partial charge in [-0.25, -0.2) is 4.99 Å². The van der Waals surface area contributed by atoms with Crippen molar-refractivity contribution >= 4 is 53.0 Å². The number of halogens is 1. The van der Waals surface area contributed by atoms with Crippen LogP contribution in [0.4, 0.5) is 0 Å². The molecule has 15 heavy (non-hydrogen) atoms. The average Bonchev–Trinajstić information content (AvgIpc) is 2.61. The highest BCUT2D eigenvalue weighted by Gasteiger charge is 2.02. The zero-order valence-electron chi connectivity index (χ0n) is 8.80. The van der Waals surface area contributed by atoms with Gasteiger partial charge in [0.05, 0.1) is 6.54 Å². The molecule has 5 nitrogen and oxygen atoms in total. The molecule has 0 spiro atoms. The third-order valence-corrected chi connectivity index (χ3v) is 3.34. The first-order valence-corrected chi connectivity index (χ1v) is 6.01. The molecule has 0 unspecified atom stereocenters. The third-order valence-electron chi connectivity index (χ3n) is 1.46. The van der Waals surface area contributed by atoms with Crippen LogP contribution in [0.2, 0.25) is 0 Å². The fourth-order valence-electron chi connectivity index (χ4n) is 0.675. The number of aromatic nitrogens is 2. The molecule has 1 rings (SSSR count). The first-order chi connectivity index (χ1) is 6.63. The Morgan fingerprint density at radius 2 is 2.20 bits per heavy atom. The molecule has 2 N–H and O–H groups in total. The van der Waals surface area contributed by atoms with E-state index in [4.69, 9.17) is 5.73 Å².